The summed E-state index contributed by atoms with van der Waals surface area (Å²) in [5.74, 6) is 0. The average molecular weight is 659 g/mol. The molecule has 0 N–H and O–H groups in total. The van der Waals surface area contributed by atoms with E-state index < -0.39 is 0 Å². The van der Waals surface area contributed by atoms with Gasteiger partial charge in [-0.25, -0.2) is 0 Å². The zero-order valence-corrected chi connectivity index (χ0v) is 29.9. The van der Waals surface area contributed by atoms with Gasteiger partial charge in [-0.2, -0.15) is 0 Å². The SMILES string of the molecule is CCCC1=C(c2ccc3c(c2C)c2ccccc2n3-c2cccc3c2c2cc4c(cc2n3-c2ccccc2)C(C)(C)c2ccccc2-4)CCC=C1. The molecule has 2 aliphatic carbocycles. The maximum Gasteiger partial charge on any atom is 0.0562 e. The van der Waals surface area contributed by atoms with E-state index in [2.05, 4.69) is 170 Å². The molecule has 0 aliphatic heterocycles. The lowest BCUT2D eigenvalue weighted by Gasteiger charge is -2.21. The molecule has 10 rings (SSSR count). The van der Waals surface area contributed by atoms with Crippen molar-refractivity contribution in [2.45, 2.75) is 58.8 Å². The van der Waals surface area contributed by atoms with Crippen LogP contribution >= 0.6 is 0 Å². The molecule has 0 saturated heterocycles. The van der Waals surface area contributed by atoms with Crippen LogP contribution in [0, 0.1) is 6.92 Å². The second-order valence-corrected chi connectivity index (χ2v) is 15.1. The monoisotopic (exact) mass is 658 g/mol. The van der Waals surface area contributed by atoms with Gasteiger partial charge in [-0.15, -0.1) is 0 Å². The summed E-state index contributed by atoms with van der Waals surface area (Å²) >= 11 is 0. The van der Waals surface area contributed by atoms with Gasteiger partial charge in [0.25, 0.3) is 0 Å². The molecule has 0 radical (unpaired) electrons. The van der Waals surface area contributed by atoms with Gasteiger partial charge in [0.15, 0.2) is 0 Å². The van der Waals surface area contributed by atoms with Crippen LogP contribution in [-0.2, 0) is 5.41 Å². The first kappa shape index (κ1) is 30.2. The first-order valence-corrected chi connectivity index (χ1v) is 18.7. The van der Waals surface area contributed by atoms with E-state index in [0.717, 1.165) is 25.7 Å². The lowest BCUT2D eigenvalue weighted by molar-refractivity contribution is 0.661. The van der Waals surface area contributed by atoms with Crippen molar-refractivity contribution < 1.29 is 0 Å². The fourth-order valence-corrected chi connectivity index (χ4v) is 9.63. The van der Waals surface area contributed by atoms with Gasteiger partial charge in [0, 0.05) is 32.6 Å². The van der Waals surface area contributed by atoms with Crippen molar-refractivity contribution in [1.82, 2.24) is 9.13 Å². The molecule has 0 amide bonds. The molecule has 0 fully saturated rings. The van der Waals surface area contributed by atoms with Crippen molar-refractivity contribution >= 4 is 49.2 Å². The Morgan fingerprint density at radius 1 is 0.608 bits per heavy atom. The van der Waals surface area contributed by atoms with Gasteiger partial charge in [-0.3, -0.25) is 0 Å². The van der Waals surface area contributed by atoms with Crippen LogP contribution in [-0.4, -0.2) is 9.13 Å². The second-order valence-electron chi connectivity index (χ2n) is 15.1. The summed E-state index contributed by atoms with van der Waals surface area (Å²) in [6.45, 7) is 9.40. The molecular weight excluding hydrogens is 617 g/mol. The number of nitrogens with zero attached hydrogens (tertiary/aromatic N) is 2. The minimum atomic E-state index is -0.0798. The number of aromatic nitrogens is 2. The van der Waals surface area contributed by atoms with Crippen molar-refractivity contribution in [2.24, 2.45) is 0 Å². The Morgan fingerprint density at radius 3 is 2.24 bits per heavy atom. The van der Waals surface area contributed by atoms with Gasteiger partial charge in [0.05, 0.1) is 27.8 Å². The van der Waals surface area contributed by atoms with Crippen LogP contribution < -0.4 is 0 Å². The average Bonchev–Trinajstić information content (AvgIpc) is 3.75. The minimum Gasteiger partial charge on any atom is -0.309 e. The summed E-state index contributed by atoms with van der Waals surface area (Å²) < 4.78 is 5.04. The molecular formula is C49H42N2. The Kier molecular flexibility index (Phi) is 6.64. The van der Waals surface area contributed by atoms with E-state index >= 15 is 0 Å². The summed E-state index contributed by atoms with van der Waals surface area (Å²) in [4.78, 5) is 0. The van der Waals surface area contributed by atoms with Gasteiger partial charge in [0.2, 0.25) is 0 Å². The van der Waals surface area contributed by atoms with Gasteiger partial charge < -0.3 is 9.13 Å². The minimum absolute atomic E-state index is 0.0798. The quantitative estimate of drug-likeness (QED) is 0.174. The first-order chi connectivity index (χ1) is 25.0. The van der Waals surface area contributed by atoms with Gasteiger partial charge in [-0.1, -0.05) is 112 Å². The number of hydrogen-bond donors (Lipinski definition) is 0. The Hall–Kier alpha value is -5.60. The molecule has 0 atom stereocenters. The van der Waals surface area contributed by atoms with E-state index in [1.54, 1.807) is 0 Å². The fraction of sp³-hybridized carbons (Fsp3) is 0.184. The van der Waals surface area contributed by atoms with E-state index in [1.165, 1.54) is 99.5 Å². The van der Waals surface area contributed by atoms with Crippen molar-refractivity contribution in [3.8, 4) is 22.5 Å². The van der Waals surface area contributed by atoms with Crippen molar-refractivity contribution in [2.75, 3.05) is 0 Å². The highest BCUT2D eigenvalue weighted by molar-refractivity contribution is 6.18. The van der Waals surface area contributed by atoms with Crippen LogP contribution in [0.5, 0.6) is 0 Å². The van der Waals surface area contributed by atoms with Crippen LogP contribution in [0.25, 0.3) is 71.7 Å². The lowest BCUT2D eigenvalue weighted by Crippen LogP contribution is -2.14. The number of aryl methyl sites for hydroxylation is 1. The summed E-state index contributed by atoms with van der Waals surface area (Å²) in [6.07, 6.45) is 9.25. The molecule has 2 aromatic heterocycles. The summed E-state index contributed by atoms with van der Waals surface area (Å²) in [6, 6.07) is 45.6. The highest BCUT2D eigenvalue weighted by Crippen LogP contribution is 2.52. The number of hydrogen-bond acceptors (Lipinski definition) is 0. The summed E-state index contributed by atoms with van der Waals surface area (Å²) in [7, 11) is 0. The predicted octanol–water partition coefficient (Wildman–Crippen LogP) is 13.4. The number of benzene rings is 6. The number of para-hydroxylation sites is 2. The zero-order valence-electron chi connectivity index (χ0n) is 29.9. The Morgan fingerprint density at radius 2 is 1.37 bits per heavy atom. The molecule has 51 heavy (non-hydrogen) atoms. The second kappa shape index (κ2) is 11.2. The maximum absolute atomic E-state index is 2.55. The van der Waals surface area contributed by atoms with E-state index in [4.69, 9.17) is 0 Å². The van der Waals surface area contributed by atoms with Gasteiger partial charge in [0.1, 0.15) is 0 Å². The third kappa shape index (κ3) is 4.23. The molecule has 0 bridgehead atoms. The molecule has 2 heterocycles. The Labute approximate surface area is 300 Å². The Balaban J connectivity index is 1.32. The van der Waals surface area contributed by atoms with E-state index in [1.807, 2.05) is 0 Å². The number of allylic oxidation sites excluding steroid dienone is 4. The van der Waals surface area contributed by atoms with Crippen molar-refractivity contribution in [3.63, 3.8) is 0 Å². The van der Waals surface area contributed by atoms with Crippen molar-refractivity contribution in [1.29, 1.82) is 0 Å². The fourth-order valence-electron chi connectivity index (χ4n) is 9.63. The smallest absolute Gasteiger partial charge is 0.0562 e. The molecule has 0 spiro atoms. The maximum atomic E-state index is 2.55. The van der Waals surface area contributed by atoms with Crippen LogP contribution in [0.1, 0.15) is 68.7 Å². The third-order valence-corrected chi connectivity index (χ3v) is 11.9. The summed E-state index contributed by atoms with van der Waals surface area (Å²) in [5, 5.41) is 5.26. The third-order valence-electron chi connectivity index (χ3n) is 11.9. The number of rotatable bonds is 5. The molecule has 8 aromatic rings. The summed E-state index contributed by atoms with van der Waals surface area (Å²) in [5.41, 5.74) is 18.7. The van der Waals surface area contributed by atoms with E-state index in [-0.39, 0.29) is 5.41 Å². The van der Waals surface area contributed by atoms with E-state index in [9.17, 15) is 0 Å². The van der Waals surface area contributed by atoms with Crippen LogP contribution in [0.2, 0.25) is 0 Å². The largest absolute Gasteiger partial charge is 0.309 e. The molecule has 248 valence electrons. The zero-order chi connectivity index (χ0) is 34.4. The van der Waals surface area contributed by atoms with Crippen molar-refractivity contribution in [3.05, 3.63) is 161 Å². The topological polar surface area (TPSA) is 9.86 Å². The molecule has 0 saturated carbocycles. The van der Waals surface area contributed by atoms with Gasteiger partial charge >= 0.3 is 0 Å². The van der Waals surface area contributed by atoms with Crippen LogP contribution in [0.3, 0.4) is 0 Å². The molecule has 2 aliphatic rings. The van der Waals surface area contributed by atoms with E-state index in [0.29, 0.717) is 0 Å². The van der Waals surface area contributed by atoms with Gasteiger partial charge in [-0.05, 0) is 119 Å². The highest BCUT2D eigenvalue weighted by Gasteiger charge is 2.36. The molecule has 0 unspecified atom stereocenters. The predicted molar refractivity (Wildman–Crippen MR) is 218 cm³/mol. The lowest BCUT2D eigenvalue weighted by atomic mass is 9.82. The normalized spacial score (nSPS) is 15.1. The standard InChI is InChI=1S/C49H42N2/c1-5-16-32-17-9-10-20-35(32)34-27-28-45-47(31(34)2)37-22-12-14-24-42(37)51(45)44-26-15-25-43-48(44)39-29-38-36-21-11-13-23-40(36)49(3,4)41(38)30-46(39)50(43)33-18-7-6-8-19-33/h6-9,11-15,17-19,21-30H,5,10,16,20H2,1-4H3. The van der Waals surface area contributed by atoms with Crippen LogP contribution in [0.4, 0.5) is 0 Å². The molecule has 6 aromatic carbocycles. The van der Waals surface area contributed by atoms with Crippen LogP contribution in [0.15, 0.2) is 139 Å². The molecule has 2 heteroatoms. The number of fused-ring (bicyclic) bond motifs is 9. The highest BCUT2D eigenvalue weighted by atomic mass is 15.0. The first-order valence-electron chi connectivity index (χ1n) is 18.7. The Bertz CT molecular complexity index is 2780. The molecule has 2 nitrogen and oxygen atoms in total.